The van der Waals surface area contributed by atoms with Crippen LogP contribution in [0.5, 0.6) is 0 Å². The van der Waals surface area contributed by atoms with Crippen LogP contribution in [-0.2, 0) is 38.1 Å². The van der Waals surface area contributed by atoms with E-state index in [1.165, 1.54) is 27.7 Å². The van der Waals surface area contributed by atoms with Crippen molar-refractivity contribution in [3.8, 4) is 0 Å². The Bertz CT molecular complexity index is 1020. The molecule has 2 saturated carbocycles. The van der Waals surface area contributed by atoms with Crippen molar-refractivity contribution in [2.75, 3.05) is 0 Å². The number of aliphatic hydroxyl groups is 1. The molecule has 3 aliphatic carbocycles. The van der Waals surface area contributed by atoms with Gasteiger partial charge in [0.1, 0.15) is 30.5 Å². The second-order valence-corrected chi connectivity index (χ2v) is 11.5. The van der Waals surface area contributed by atoms with Crippen LogP contribution in [0.2, 0.25) is 0 Å². The maximum atomic E-state index is 12.6. The summed E-state index contributed by atoms with van der Waals surface area (Å²) in [5.74, 6) is -3.28. The zero-order valence-corrected chi connectivity index (χ0v) is 23.1. The summed E-state index contributed by atoms with van der Waals surface area (Å²) < 4.78 is 23.3. The van der Waals surface area contributed by atoms with Crippen LogP contribution in [0, 0.1) is 22.7 Å². The van der Waals surface area contributed by atoms with Gasteiger partial charge in [0.2, 0.25) is 0 Å². The van der Waals surface area contributed by atoms with Gasteiger partial charge in [-0.2, -0.15) is 0 Å². The van der Waals surface area contributed by atoms with Crippen LogP contribution in [0.3, 0.4) is 0 Å². The van der Waals surface area contributed by atoms with E-state index in [2.05, 4.69) is 6.58 Å². The summed E-state index contributed by atoms with van der Waals surface area (Å²) in [4.78, 5) is 49.0. The topological polar surface area (TPSA) is 125 Å². The average Bonchev–Trinajstić information content (AvgIpc) is 2.71. The van der Waals surface area contributed by atoms with Crippen LogP contribution in [0.1, 0.15) is 74.7 Å². The van der Waals surface area contributed by atoms with E-state index in [9.17, 15) is 24.3 Å². The number of fused-ring (bicyclic) bond motifs is 3. The Morgan fingerprint density at radius 1 is 0.892 bits per heavy atom. The largest absolute Gasteiger partial charge is 0.462 e. The first-order valence-electron chi connectivity index (χ1n) is 12.8. The number of hydrogen-bond acceptors (Lipinski definition) is 9. The normalized spacial score (nSPS) is 36.9. The Kier molecular flexibility index (Phi) is 7.99. The van der Waals surface area contributed by atoms with Crippen LogP contribution in [0.15, 0.2) is 23.3 Å². The van der Waals surface area contributed by atoms with E-state index >= 15 is 0 Å². The van der Waals surface area contributed by atoms with Gasteiger partial charge in [-0.25, -0.2) is 0 Å². The molecule has 0 unspecified atom stereocenters. The van der Waals surface area contributed by atoms with Gasteiger partial charge in [0, 0.05) is 51.4 Å². The standard InChI is InChI=1S/C28H40O9/c1-13-12-20(35-16(4)30)23-25(36-17(5)31)22-14(2)19(34-15(3)29)10-11-28(22,9)26(37-18(6)32)24(33)21(13)27(23,7)8/h19-20,22-26,33H,2,10-12H2,1,3-9H3/t19-,20-,22-,23-,24+,25-,26-,28+/m0/s1. The van der Waals surface area contributed by atoms with E-state index in [1.807, 2.05) is 27.7 Å². The maximum absolute atomic E-state index is 12.6. The van der Waals surface area contributed by atoms with E-state index in [0.717, 1.165) is 5.57 Å². The van der Waals surface area contributed by atoms with Crippen molar-refractivity contribution in [3.05, 3.63) is 23.3 Å². The highest BCUT2D eigenvalue weighted by atomic mass is 16.6. The maximum Gasteiger partial charge on any atom is 0.303 e. The number of carbonyl (C=O) groups is 4. The molecule has 0 heterocycles. The van der Waals surface area contributed by atoms with Gasteiger partial charge in [0.25, 0.3) is 0 Å². The molecule has 0 amide bonds. The highest BCUT2D eigenvalue weighted by Gasteiger charge is 2.64. The summed E-state index contributed by atoms with van der Waals surface area (Å²) in [5.41, 5.74) is 0.227. The van der Waals surface area contributed by atoms with Crippen molar-refractivity contribution < 1.29 is 43.2 Å². The first-order chi connectivity index (χ1) is 17.0. The molecule has 9 heteroatoms. The molecule has 1 N–H and O–H groups in total. The molecule has 0 saturated heterocycles. The molecule has 0 aliphatic heterocycles. The predicted octanol–water partition coefficient (Wildman–Crippen LogP) is 3.42. The lowest BCUT2D eigenvalue weighted by Crippen LogP contribution is -2.65. The molecular weight excluding hydrogens is 480 g/mol. The quantitative estimate of drug-likeness (QED) is 0.337. The van der Waals surface area contributed by atoms with E-state index in [0.29, 0.717) is 30.4 Å². The fourth-order valence-corrected chi connectivity index (χ4v) is 7.39. The predicted molar refractivity (Wildman–Crippen MR) is 133 cm³/mol. The molecule has 206 valence electrons. The Balaban J connectivity index is 2.36. The highest BCUT2D eigenvalue weighted by Crippen LogP contribution is 2.60. The second-order valence-electron chi connectivity index (χ2n) is 11.5. The summed E-state index contributed by atoms with van der Waals surface area (Å²) in [6.45, 7) is 17.1. The van der Waals surface area contributed by atoms with Gasteiger partial charge >= 0.3 is 23.9 Å². The molecule has 0 radical (unpaired) electrons. The number of carbonyl (C=O) groups excluding carboxylic acids is 4. The van der Waals surface area contributed by atoms with Crippen LogP contribution in [-0.4, -0.2) is 59.5 Å². The van der Waals surface area contributed by atoms with E-state index in [1.54, 1.807) is 0 Å². The molecular formula is C28H40O9. The fourth-order valence-electron chi connectivity index (χ4n) is 7.39. The zero-order chi connectivity index (χ0) is 28.0. The van der Waals surface area contributed by atoms with Crippen molar-refractivity contribution in [1.29, 1.82) is 0 Å². The fraction of sp³-hybridized carbons (Fsp3) is 0.714. The summed E-state index contributed by atoms with van der Waals surface area (Å²) in [7, 11) is 0. The first-order valence-corrected chi connectivity index (χ1v) is 12.8. The van der Waals surface area contributed by atoms with Gasteiger partial charge in [-0.1, -0.05) is 32.9 Å². The zero-order valence-electron chi connectivity index (χ0n) is 23.1. The van der Waals surface area contributed by atoms with E-state index < -0.39 is 77.1 Å². The van der Waals surface area contributed by atoms with E-state index in [4.69, 9.17) is 18.9 Å². The van der Waals surface area contributed by atoms with Gasteiger partial charge in [0.15, 0.2) is 0 Å². The monoisotopic (exact) mass is 520 g/mol. The lowest BCUT2D eigenvalue weighted by Gasteiger charge is -2.60. The lowest BCUT2D eigenvalue weighted by atomic mass is 9.49. The smallest absolute Gasteiger partial charge is 0.303 e. The van der Waals surface area contributed by atoms with Gasteiger partial charge < -0.3 is 24.1 Å². The Labute approximate surface area is 218 Å². The molecule has 9 nitrogen and oxygen atoms in total. The van der Waals surface area contributed by atoms with Crippen molar-refractivity contribution in [1.82, 2.24) is 0 Å². The number of rotatable bonds is 4. The Hall–Kier alpha value is -2.68. The van der Waals surface area contributed by atoms with Gasteiger partial charge in [-0.3, -0.25) is 19.2 Å². The number of esters is 4. The molecule has 3 aliphatic rings. The van der Waals surface area contributed by atoms with Crippen molar-refractivity contribution in [3.63, 3.8) is 0 Å². The third-order valence-corrected chi connectivity index (χ3v) is 8.50. The van der Waals surface area contributed by atoms with Crippen LogP contribution >= 0.6 is 0 Å². The molecule has 8 atom stereocenters. The summed E-state index contributed by atoms with van der Waals surface area (Å²) in [5, 5.41) is 11.9. The molecule has 37 heavy (non-hydrogen) atoms. The molecule has 0 aromatic heterocycles. The highest BCUT2D eigenvalue weighted by molar-refractivity contribution is 5.68. The molecule has 0 aromatic rings. The first kappa shape index (κ1) is 28.9. The van der Waals surface area contributed by atoms with Crippen molar-refractivity contribution in [2.45, 2.75) is 105 Å². The van der Waals surface area contributed by atoms with Crippen molar-refractivity contribution >= 4 is 23.9 Å². The summed E-state index contributed by atoms with van der Waals surface area (Å²) in [6.07, 6.45) is -3.23. The molecule has 2 bridgehead atoms. The summed E-state index contributed by atoms with van der Waals surface area (Å²) >= 11 is 0. The number of aliphatic hydroxyl groups excluding tert-OH is 1. The molecule has 0 spiro atoms. The van der Waals surface area contributed by atoms with Crippen molar-refractivity contribution in [2.24, 2.45) is 22.7 Å². The Morgan fingerprint density at radius 2 is 1.43 bits per heavy atom. The van der Waals surface area contributed by atoms with Crippen LogP contribution in [0.25, 0.3) is 0 Å². The second kappa shape index (κ2) is 10.2. The average molecular weight is 521 g/mol. The van der Waals surface area contributed by atoms with Gasteiger partial charge in [0.05, 0.1) is 0 Å². The van der Waals surface area contributed by atoms with Gasteiger partial charge in [-0.05, 0) is 36.3 Å². The molecule has 0 aromatic carbocycles. The Morgan fingerprint density at radius 3 is 1.95 bits per heavy atom. The SMILES string of the molecule is C=C1[C@@H](OC(C)=O)CC[C@@]2(C)[C@@H](OC(C)=O)[C@H](O)C3=C(C)C[C@H](OC(C)=O)[C@@H]([C@@H](OC(C)=O)[C@H]12)C3(C)C. The minimum absolute atomic E-state index is 0.313. The molecule has 3 rings (SSSR count). The third-order valence-electron chi connectivity index (χ3n) is 8.50. The van der Waals surface area contributed by atoms with Gasteiger partial charge in [-0.15, -0.1) is 0 Å². The molecule has 2 fully saturated rings. The number of hydrogen-bond donors (Lipinski definition) is 1. The minimum atomic E-state index is -1.16. The number of ether oxygens (including phenoxy) is 4. The summed E-state index contributed by atoms with van der Waals surface area (Å²) in [6, 6.07) is 0. The third kappa shape index (κ3) is 5.19. The lowest BCUT2D eigenvalue weighted by molar-refractivity contribution is -0.207. The minimum Gasteiger partial charge on any atom is -0.462 e. The van der Waals surface area contributed by atoms with Crippen LogP contribution < -0.4 is 0 Å². The van der Waals surface area contributed by atoms with E-state index in [-0.39, 0.29) is 0 Å². The van der Waals surface area contributed by atoms with Crippen LogP contribution in [0.4, 0.5) is 0 Å².